The van der Waals surface area contributed by atoms with Crippen molar-refractivity contribution >= 4 is 11.6 Å². The summed E-state index contributed by atoms with van der Waals surface area (Å²) in [5.74, 6) is 2.49. The average Bonchev–Trinajstić information content (AvgIpc) is 2.30. The third kappa shape index (κ3) is 3.85. The Morgan fingerprint density at radius 2 is 1.88 bits per heavy atom. The molecule has 0 fully saturated rings. The van der Waals surface area contributed by atoms with Gasteiger partial charge in [0.15, 0.2) is 0 Å². The van der Waals surface area contributed by atoms with Crippen LogP contribution in [0.2, 0.25) is 0 Å². The fourth-order valence-electron chi connectivity index (χ4n) is 1.63. The molecule has 1 aromatic heterocycles. The summed E-state index contributed by atoms with van der Waals surface area (Å²) in [5, 5.41) is 6.36. The largest absolute Gasteiger partial charge is 0.377 e. The van der Waals surface area contributed by atoms with Gasteiger partial charge in [-0.1, -0.05) is 0 Å². The van der Waals surface area contributed by atoms with Gasteiger partial charge in [0, 0.05) is 25.8 Å². The van der Waals surface area contributed by atoms with E-state index >= 15 is 0 Å². The van der Waals surface area contributed by atoms with Crippen LogP contribution < -0.4 is 10.6 Å². The molecule has 96 valence electrons. The highest BCUT2D eigenvalue weighted by Crippen LogP contribution is 2.19. The van der Waals surface area contributed by atoms with Crippen molar-refractivity contribution in [3.05, 3.63) is 11.4 Å². The Labute approximate surface area is 103 Å². The second-order valence-electron chi connectivity index (χ2n) is 3.99. The van der Waals surface area contributed by atoms with E-state index in [1.54, 1.807) is 0 Å². The molecule has 0 spiro atoms. The van der Waals surface area contributed by atoms with Gasteiger partial charge in [-0.05, 0) is 27.7 Å². The van der Waals surface area contributed by atoms with E-state index in [4.69, 9.17) is 4.74 Å². The lowest BCUT2D eigenvalue weighted by molar-refractivity contribution is 0.0854. The molecule has 5 nitrogen and oxygen atoms in total. The second-order valence-corrected chi connectivity index (χ2v) is 3.99. The van der Waals surface area contributed by atoms with E-state index in [-0.39, 0.29) is 6.10 Å². The van der Waals surface area contributed by atoms with Crippen molar-refractivity contribution in [2.75, 3.05) is 30.8 Å². The van der Waals surface area contributed by atoms with Gasteiger partial charge in [0.2, 0.25) is 0 Å². The number of aromatic nitrogens is 2. The maximum atomic E-state index is 5.47. The number of hydrogen-bond acceptors (Lipinski definition) is 5. The van der Waals surface area contributed by atoms with Gasteiger partial charge >= 0.3 is 0 Å². The number of nitrogens with zero attached hydrogens (tertiary/aromatic N) is 2. The first-order valence-corrected chi connectivity index (χ1v) is 5.97. The van der Waals surface area contributed by atoms with Crippen molar-refractivity contribution < 1.29 is 4.74 Å². The first kappa shape index (κ1) is 13.7. The van der Waals surface area contributed by atoms with Gasteiger partial charge in [-0.25, -0.2) is 9.97 Å². The van der Waals surface area contributed by atoms with E-state index in [0.717, 1.165) is 36.2 Å². The first-order chi connectivity index (χ1) is 8.08. The maximum absolute atomic E-state index is 5.47. The smallest absolute Gasteiger partial charge is 0.134 e. The first-order valence-electron chi connectivity index (χ1n) is 5.97. The quantitative estimate of drug-likeness (QED) is 0.793. The minimum absolute atomic E-state index is 0.174. The Kier molecular flexibility index (Phi) is 5.15. The van der Waals surface area contributed by atoms with Crippen molar-refractivity contribution in [1.82, 2.24) is 9.97 Å². The van der Waals surface area contributed by atoms with Crippen LogP contribution in [0.4, 0.5) is 11.6 Å². The summed E-state index contributed by atoms with van der Waals surface area (Å²) in [7, 11) is 1.86. The molecule has 0 aliphatic heterocycles. The molecule has 1 heterocycles. The van der Waals surface area contributed by atoms with Gasteiger partial charge in [-0.15, -0.1) is 0 Å². The molecule has 17 heavy (non-hydrogen) atoms. The van der Waals surface area contributed by atoms with Crippen molar-refractivity contribution in [1.29, 1.82) is 0 Å². The van der Waals surface area contributed by atoms with Crippen LogP contribution in [0, 0.1) is 13.8 Å². The van der Waals surface area contributed by atoms with Gasteiger partial charge in [0.25, 0.3) is 0 Å². The van der Waals surface area contributed by atoms with Crippen LogP contribution >= 0.6 is 0 Å². The monoisotopic (exact) mass is 238 g/mol. The predicted molar refractivity (Wildman–Crippen MR) is 70.6 cm³/mol. The third-order valence-electron chi connectivity index (χ3n) is 2.50. The van der Waals surface area contributed by atoms with Crippen LogP contribution in [0.3, 0.4) is 0 Å². The predicted octanol–water partition coefficient (Wildman–Crippen LogP) is 1.97. The van der Waals surface area contributed by atoms with E-state index in [1.165, 1.54) is 0 Å². The summed E-state index contributed by atoms with van der Waals surface area (Å²) < 4.78 is 5.47. The highest BCUT2D eigenvalue weighted by Gasteiger charge is 2.09. The number of aryl methyl sites for hydroxylation is 1. The Morgan fingerprint density at radius 3 is 2.47 bits per heavy atom. The van der Waals surface area contributed by atoms with Crippen molar-refractivity contribution in [3.8, 4) is 0 Å². The van der Waals surface area contributed by atoms with E-state index in [0.29, 0.717) is 0 Å². The summed E-state index contributed by atoms with van der Waals surface area (Å²) in [4.78, 5) is 8.72. The van der Waals surface area contributed by atoms with Crippen LogP contribution in [-0.4, -0.2) is 36.3 Å². The minimum Gasteiger partial charge on any atom is -0.377 e. The molecule has 1 unspecified atom stereocenters. The average molecular weight is 238 g/mol. The fourth-order valence-corrected chi connectivity index (χ4v) is 1.63. The molecule has 0 bridgehead atoms. The fraction of sp³-hybridized carbons (Fsp3) is 0.667. The van der Waals surface area contributed by atoms with E-state index in [2.05, 4.69) is 20.6 Å². The lowest BCUT2D eigenvalue weighted by Crippen LogP contribution is -2.21. The molecule has 0 aliphatic rings. The maximum Gasteiger partial charge on any atom is 0.134 e. The Hall–Kier alpha value is -1.36. The van der Waals surface area contributed by atoms with Crippen LogP contribution in [0.15, 0.2) is 0 Å². The molecule has 1 aromatic rings. The Balaban J connectivity index is 2.73. The molecule has 1 atom stereocenters. The van der Waals surface area contributed by atoms with Gasteiger partial charge in [0.05, 0.1) is 6.10 Å². The minimum atomic E-state index is 0.174. The van der Waals surface area contributed by atoms with Gasteiger partial charge < -0.3 is 15.4 Å². The molecule has 1 rings (SSSR count). The number of anilines is 2. The van der Waals surface area contributed by atoms with Crippen LogP contribution in [0.1, 0.15) is 25.2 Å². The highest BCUT2D eigenvalue weighted by atomic mass is 16.5. The number of hydrogen-bond donors (Lipinski definition) is 2. The molecular formula is C12H22N4O. The van der Waals surface area contributed by atoms with Gasteiger partial charge in [0.1, 0.15) is 17.5 Å². The van der Waals surface area contributed by atoms with Crippen molar-refractivity contribution in [3.63, 3.8) is 0 Å². The molecule has 0 saturated heterocycles. The van der Waals surface area contributed by atoms with E-state index < -0.39 is 0 Å². The summed E-state index contributed by atoms with van der Waals surface area (Å²) in [6, 6.07) is 0. The highest BCUT2D eigenvalue weighted by molar-refractivity contribution is 5.56. The molecule has 0 radical (unpaired) electrons. The zero-order valence-corrected chi connectivity index (χ0v) is 11.3. The van der Waals surface area contributed by atoms with Gasteiger partial charge in [-0.2, -0.15) is 0 Å². The topological polar surface area (TPSA) is 59.1 Å². The molecule has 5 heteroatoms. The van der Waals surface area contributed by atoms with E-state index in [9.17, 15) is 0 Å². The van der Waals surface area contributed by atoms with Crippen LogP contribution in [-0.2, 0) is 4.74 Å². The summed E-state index contributed by atoms with van der Waals surface area (Å²) in [5.41, 5.74) is 1.03. The third-order valence-corrected chi connectivity index (χ3v) is 2.50. The SMILES string of the molecule is CCOC(C)CNc1nc(C)nc(NC)c1C. The summed E-state index contributed by atoms with van der Waals surface area (Å²) in [6.07, 6.45) is 0.174. The lowest BCUT2D eigenvalue weighted by Gasteiger charge is -2.16. The zero-order chi connectivity index (χ0) is 12.8. The van der Waals surface area contributed by atoms with Crippen molar-refractivity contribution in [2.24, 2.45) is 0 Å². The number of ether oxygens (including phenoxy) is 1. The summed E-state index contributed by atoms with van der Waals surface area (Å²) in [6.45, 7) is 9.39. The number of rotatable bonds is 6. The molecule has 0 aromatic carbocycles. The molecule has 0 aliphatic carbocycles. The zero-order valence-electron chi connectivity index (χ0n) is 11.3. The summed E-state index contributed by atoms with van der Waals surface area (Å²) >= 11 is 0. The van der Waals surface area contributed by atoms with Gasteiger partial charge in [-0.3, -0.25) is 0 Å². The molecule has 0 saturated carbocycles. The van der Waals surface area contributed by atoms with Crippen molar-refractivity contribution in [2.45, 2.75) is 33.8 Å². The standard InChI is InChI=1S/C12H22N4O/c1-6-17-8(2)7-14-12-9(3)11(13-5)15-10(4)16-12/h8H,6-7H2,1-5H3,(H2,13,14,15,16). The van der Waals surface area contributed by atoms with Crippen LogP contribution in [0.25, 0.3) is 0 Å². The second kappa shape index (κ2) is 6.39. The van der Waals surface area contributed by atoms with E-state index in [1.807, 2.05) is 34.7 Å². The lowest BCUT2D eigenvalue weighted by atomic mass is 10.3. The normalized spacial score (nSPS) is 12.3. The Bertz CT molecular complexity index is 368. The van der Waals surface area contributed by atoms with Crippen LogP contribution in [0.5, 0.6) is 0 Å². The molecule has 0 amide bonds. The molecule has 2 N–H and O–H groups in total. The Morgan fingerprint density at radius 1 is 1.24 bits per heavy atom. The molecular weight excluding hydrogens is 216 g/mol. The number of nitrogens with one attached hydrogen (secondary N) is 2.